The van der Waals surface area contributed by atoms with E-state index in [0.717, 1.165) is 5.56 Å². The largest absolute Gasteiger partial charge is 0.481 e. The number of hydrogen-bond donors (Lipinski definition) is 3. The van der Waals surface area contributed by atoms with Gasteiger partial charge in [-0.05, 0) is 24.1 Å². The Bertz CT molecular complexity index is 593. The monoisotopic (exact) mass is 289 g/mol. The standard InChI is InChI=1S/C14H15N3O4/c18-12-7-6-11(16-17-12)14(21)15-10-4-1-9(2-5-10)3-8-13(19)20/h1-2,4-5H,3,6-8H2,(H,15,21)(H,17,18)(H,19,20). The van der Waals surface area contributed by atoms with Gasteiger partial charge in [0.25, 0.3) is 5.91 Å². The molecule has 3 N–H and O–H groups in total. The smallest absolute Gasteiger partial charge is 0.303 e. The van der Waals surface area contributed by atoms with Gasteiger partial charge in [0.1, 0.15) is 5.71 Å². The Balaban J connectivity index is 1.92. The van der Waals surface area contributed by atoms with Crippen molar-refractivity contribution in [2.75, 3.05) is 5.32 Å². The van der Waals surface area contributed by atoms with Gasteiger partial charge in [-0.25, -0.2) is 5.43 Å². The third kappa shape index (κ3) is 4.41. The van der Waals surface area contributed by atoms with Gasteiger partial charge in [-0.2, -0.15) is 5.10 Å². The number of hydrazone groups is 1. The molecule has 0 radical (unpaired) electrons. The molecule has 2 amide bonds. The second-order valence-corrected chi connectivity index (χ2v) is 4.64. The van der Waals surface area contributed by atoms with Crippen molar-refractivity contribution in [1.82, 2.24) is 5.43 Å². The van der Waals surface area contributed by atoms with Crippen LogP contribution >= 0.6 is 0 Å². The topological polar surface area (TPSA) is 108 Å². The highest BCUT2D eigenvalue weighted by molar-refractivity contribution is 6.43. The maximum Gasteiger partial charge on any atom is 0.303 e. The molecule has 0 atom stereocenters. The molecule has 0 aromatic heterocycles. The van der Waals surface area contributed by atoms with Gasteiger partial charge in [0.15, 0.2) is 0 Å². The van der Waals surface area contributed by atoms with Gasteiger partial charge in [-0.3, -0.25) is 14.4 Å². The number of nitrogens with one attached hydrogen (secondary N) is 2. The Morgan fingerprint density at radius 2 is 1.95 bits per heavy atom. The molecule has 0 spiro atoms. The second kappa shape index (κ2) is 6.65. The Morgan fingerprint density at radius 1 is 1.24 bits per heavy atom. The van der Waals surface area contributed by atoms with Crippen molar-refractivity contribution >= 4 is 29.2 Å². The van der Waals surface area contributed by atoms with E-state index in [9.17, 15) is 14.4 Å². The van der Waals surface area contributed by atoms with E-state index in [2.05, 4.69) is 15.8 Å². The molecule has 2 rings (SSSR count). The van der Waals surface area contributed by atoms with Crippen LogP contribution in [-0.4, -0.2) is 28.6 Å². The number of carbonyl (C=O) groups is 3. The first-order chi connectivity index (χ1) is 10.0. The Kier molecular flexibility index (Phi) is 4.65. The minimum atomic E-state index is -0.843. The predicted molar refractivity (Wildman–Crippen MR) is 75.8 cm³/mol. The molecule has 1 aromatic carbocycles. The molecule has 0 saturated carbocycles. The quantitative estimate of drug-likeness (QED) is 0.748. The van der Waals surface area contributed by atoms with E-state index in [1.54, 1.807) is 24.3 Å². The van der Waals surface area contributed by atoms with Crippen molar-refractivity contribution in [3.8, 4) is 0 Å². The molecular formula is C14H15N3O4. The molecule has 7 heteroatoms. The van der Waals surface area contributed by atoms with Gasteiger partial charge >= 0.3 is 5.97 Å². The lowest BCUT2D eigenvalue weighted by atomic mass is 10.1. The van der Waals surface area contributed by atoms with Crippen molar-refractivity contribution in [1.29, 1.82) is 0 Å². The number of benzene rings is 1. The zero-order valence-electron chi connectivity index (χ0n) is 11.3. The van der Waals surface area contributed by atoms with Gasteiger partial charge in [0, 0.05) is 24.9 Å². The van der Waals surface area contributed by atoms with Crippen LogP contribution in [0.2, 0.25) is 0 Å². The van der Waals surface area contributed by atoms with E-state index < -0.39 is 5.97 Å². The van der Waals surface area contributed by atoms with E-state index in [0.29, 0.717) is 18.5 Å². The third-order valence-electron chi connectivity index (χ3n) is 3.01. The number of amides is 2. The number of carboxylic acids is 1. The van der Waals surface area contributed by atoms with Crippen LogP contribution < -0.4 is 10.7 Å². The molecule has 1 heterocycles. The fourth-order valence-electron chi connectivity index (χ4n) is 1.85. The second-order valence-electron chi connectivity index (χ2n) is 4.64. The molecule has 0 aliphatic carbocycles. The van der Waals surface area contributed by atoms with Crippen LogP contribution in [-0.2, 0) is 20.8 Å². The van der Waals surface area contributed by atoms with Gasteiger partial charge < -0.3 is 10.4 Å². The summed E-state index contributed by atoms with van der Waals surface area (Å²) >= 11 is 0. The van der Waals surface area contributed by atoms with Crippen molar-refractivity contribution < 1.29 is 19.5 Å². The van der Waals surface area contributed by atoms with Crippen LogP contribution in [0.25, 0.3) is 0 Å². The van der Waals surface area contributed by atoms with E-state index in [1.807, 2.05) is 0 Å². The predicted octanol–water partition coefficient (Wildman–Crippen LogP) is 0.908. The first-order valence-electron chi connectivity index (χ1n) is 6.52. The average molecular weight is 289 g/mol. The van der Waals surface area contributed by atoms with E-state index in [1.165, 1.54) is 0 Å². The lowest BCUT2D eigenvalue weighted by Crippen LogP contribution is -2.32. The fourth-order valence-corrected chi connectivity index (χ4v) is 1.85. The summed E-state index contributed by atoms with van der Waals surface area (Å²) in [6, 6.07) is 6.94. The van der Waals surface area contributed by atoms with Crippen molar-refractivity contribution in [2.24, 2.45) is 5.10 Å². The fraction of sp³-hybridized carbons (Fsp3) is 0.286. The molecule has 0 saturated heterocycles. The summed E-state index contributed by atoms with van der Waals surface area (Å²) < 4.78 is 0. The van der Waals surface area contributed by atoms with Crippen LogP contribution in [0, 0.1) is 0 Å². The summed E-state index contributed by atoms with van der Waals surface area (Å²) in [7, 11) is 0. The summed E-state index contributed by atoms with van der Waals surface area (Å²) in [5.41, 5.74) is 4.03. The van der Waals surface area contributed by atoms with Crippen LogP contribution in [0.15, 0.2) is 29.4 Å². The van der Waals surface area contributed by atoms with Gasteiger partial charge in [0.2, 0.25) is 5.91 Å². The average Bonchev–Trinajstić information content (AvgIpc) is 2.47. The molecule has 7 nitrogen and oxygen atoms in total. The van der Waals surface area contributed by atoms with E-state index >= 15 is 0 Å². The zero-order chi connectivity index (χ0) is 15.2. The lowest BCUT2D eigenvalue weighted by molar-refractivity contribution is -0.137. The maximum absolute atomic E-state index is 11.9. The number of aliphatic carboxylic acids is 1. The molecule has 0 bridgehead atoms. The number of aryl methyl sites for hydroxylation is 1. The first-order valence-corrected chi connectivity index (χ1v) is 6.52. The summed E-state index contributed by atoms with van der Waals surface area (Å²) in [5, 5.41) is 15.0. The number of hydrogen-bond acceptors (Lipinski definition) is 4. The van der Waals surface area contributed by atoms with Crippen LogP contribution in [0.4, 0.5) is 5.69 Å². The van der Waals surface area contributed by atoms with Gasteiger partial charge in [-0.15, -0.1) is 0 Å². The Hall–Kier alpha value is -2.70. The highest BCUT2D eigenvalue weighted by atomic mass is 16.4. The van der Waals surface area contributed by atoms with E-state index in [-0.39, 0.29) is 30.4 Å². The lowest BCUT2D eigenvalue weighted by Gasteiger charge is -2.12. The highest BCUT2D eigenvalue weighted by Crippen LogP contribution is 2.12. The maximum atomic E-state index is 11.9. The number of rotatable bonds is 5. The van der Waals surface area contributed by atoms with Crippen LogP contribution in [0.5, 0.6) is 0 Å². The molecule has 0 fully saturated rings. The number of nitrogens with zero attached hydrogens (tertiary/aromatic N) is 1. The van der Waals surface area contributed by atoms with Crippen molar-refractivity contribution in [3.05, 3.63) is 29.8 Å². The van der Waals surface area contributed by atoms with Crippen molar-refractivity contribution in [2.45, 2.75) is 25.7 Å². The minimum Gasteiger partial charge on any atom is -0.481 e. The summed E-state index contributed by atoms with van der Waals surface area (Å²) in [6.07, 6.45) is 1.08. The molecule has 0 unspecified atom stereocenters. The minimum absolute atomic E-state index is 0.0716. The normalized spacial score (nSPS) is 14.1. The number of carboxylic acid groups (broad SMARTS) is 1. The summed E-state index contributed by atoms with van der Waals surface area (Å²) in [4.78, 5) is 33.3. The molecule has 1 aromatic rings. The Morgan fingerprint density at radius 3 is 2.52 bits per heavy atom. The number of anilines is 1. The van der Waals surface area contributed by atoms with Gasteiger partial charge in [-0.1, -0.05) is 12.1 Å². The molecule has 1 aliphatic rings. The first kappa shape index (κ1) is 14.7. The Labute approximate surface area is 121 Å². The third-order valence-corrected chi connectivity index (χ3v) is 3.01. The van der Waals surface area contributed by atoms with Gasteiger partial charge in [0.05, 0.1) is 0 Å². The molecule has 21 heavy (non-hydrogen) atoms. The van der Waals surface area contributed by atoms with Crippen molar-refractivity contribution in [3.63, 3.8) is 0 Å². The molecular weight excluding hydrogens is 274 g/mol. The van der Waals surface area contributed by atoms with Crippen LogP contribution in [0.1, 0.15) is 24.8 Å². The zero-order valence-corrected chi connectivity index (χ0v) is 11.3. The SMILES string of the molecule is O=C(O)CCc1ccc(NC(=O)C2=NNC(=O)CC2)cc1. The highest BCUT2D eigenvalue weighted by Gasteiger charge is 2.18. The van der Waals surface area contributed by atoms with Crippen LogP contribution in [0.3, 0.4) is 0 Å². The number of carbonyl (C=O) groups excluding carboxylic acids is 2. The van der Waals surface area contributed by atoms with E-state index in [4.69, 9.17) is 5.11 Å². The summed E-state index contributed by atoms with van der Waals surface area (Å²) in [6.45, 7) is 0. The molecule has 110 valence electrons. The summed E-state index contributed by atoms with van der Waals surface area (Å²) in [5.74, 6) is -1.40. The molecule has 1 aliphatic heterocycles.